The first-order chi connectivity index (χ1) is 14.7. The zero-order valence-corrected chi connectivity index (χ0v) is 17.6. The summed E-state index contributed by atoms with van der Waals surface area (Å²) in [6, 6.07) is 9.38. The number of fused-ring (bicyclic) bond motifs is 3. The number of carbonyl (C=O) groups is 2. The summed E-state index contributed by atoms with van der Waals surface area (Å²) in [5, 5.41) is 5.37. The van der Waals surface area contributed by atoms with Crippen LogP contribution in [0.25, 0.3) is 0 Å². The Bertz CT molecular complexity index is 968. The van der Waals surface area contributed by atoms with Crippen molar-refractivity contribution >= 4 is 28.8 Å². The van der Waals surface area contributed by atoms with Crippen molar-refractivity contribution < 1.29 is 27.5 Å². The zero-order valence-electron chi connectivity index (χ0n) is 16.7. The first-order valence-corrected chi connectivity index (χ1v) is 10.8. The van der Waals surface area contributed by atoms with E-state index in [-0.39, 0.29) is 23.4 Å². The normalized spacial score (nSPS) is 25.2. The minimum atomic E-state index is -4.97. The Morgan fingerprint density at radius 2 is 1.90 bits per heavy atom. The van der Waals surface area contributed by atoms with Gasteiger partial charge >= 0.3 is 12.1 Å². The molecular formula is C21H22F3N3O3S. The Balaban J connectivity index is 1.38. The highest BCUT2D eigenvalue weighted by Gasteiger charge is 2.41. The maximum absolute atomic E-state index is 12.7. The molecule has 0 unspecified atom stereocenters. The van der Waals surface area contributed by atoms with Crippen molar-refractivity contribution in [3.05, 3.63) is 41.3 Å². The monoisotopic (exact) mass is 453 g/mol. The van der Waals surface area contributed by atoms with Crippen LogP contribution in [0.3, 0.4) is 0 Å². The molecule has 3 fully saturated rings. The van der Waals surface area contributed by atoms with Crippen LogP contribution < -0.4 is 15.4 Å². The zero-order chi connectivity index (χ0) is 22.2. The van der Waals surface area contributed by atoms with Crippen LogP contribution in [-0.2, 0) is 4.79 Å². The fraction of sp³-hybridized carbons (Fsp3) is 0.429. The second kappa shape index (κ2) is 8.51. The topological polar surface area (TPSA) is 70.7 Å². The first-order valence-electron chi connectivity index (χ1n) is 10.0. The molecule has 1 aromatic carbocycles. The van der Waals surface area contributed by atoms with Crippen molar-refractivity contribution in [1.82, 2.24) is 10.2 Å². The van der Waals surface area contributed by atoms with E-state index in [1.54, 1.807) is 23.5 Å². The maximum Gasteiger partial charge on any atom is 0.471 e. The molecule has 2 N–H and O–H groups in total. The van der Waals surface area contributed by atoms with Crippen LogP contribution in [-0.4, -0.2) is 48.1 Å². The van der Waals surface area contributed by atoms with E-state index in [2.05, 4.69) is 17.1 Å². The smallest absolute Gasteiger partial charge is 0.447 e. The minimum Gasteiger partial charge on any atom is -0.447 e. The number of carbonyl (C=O) groups excluding carboxylic acids is 2. The Labute approximate surface area is 181 Å². The van der Waals surface area contributed by atoms with E-state index < -0.39 is 12.1 Å². The highest BCUT2D eigenvalue weighted by molar-refractivity contribution is 7.15. The highest BCUT2D eigenvalue weighted by Crippen LogP contribution is 2.34. The van der Waals surface area contributed by atoms with Crippen LogP contribution in [0.2, 0.25) is 0 Å². The molecule has 4 heterocycles. The number of ether oxygens (including phenoxy) is 1. The summed E-state index contributed by atoms with van der Waals surface area (Å²) >= 11 is 1.15. The second-order valence-corrected chi connectivity index (χ2v) is 8.86. The Morgan fingerprint density at radius 3 is 2.58 bits per heavy atom. The molecule has 1 aromatic heterocycles. The van der Waals surface area contributed by atoms with Gasteiger partial charge in [0.25, 0.3) is 5.91 Å². The molecule has 2 amide bonds. The van der Waals surface area contributed by atoms with Gasteiger partial charge < -0.3 is 15.4 Å². The molecule has 3 aliphatic heterocycles. The van der Waals surface area contributed by atoms with Crippen LogP contribution in [0.5, 0.6) is 10.8 Å². The number of piperidine rings is 3. The molecule has 5 rings (SSSR count). The molecule has 0 radical (unpaired) electrons. The van der Waals surface area contributed by atoms with Crippen molar-refractivity contribution in [3.8, 4) is 10.8 Å². The van der Waals surface area contributed by atoms with E-state index in [0.29, 0.717) is 21.9 Å². The predicted octanol–water partition coefficient (Wildman–Crippen LogP) is 4.25. The van der Waals surface area contributed by atoms with Crippen molar-refractivity contribution in [2.45, 2.75) is 38.0 Å². The summed E-state index contributed by atoms with van der Waals surface area (Å²) < 4.78 is 42.9. The van der Waals surface area contributed by atoms with E-state index >= 15 is 0 Å². The maximum atomic E-state index is 12.7. The number of amides is 2. The van der Waals surface area contributed by atoms with Gasteiger partial charge in [0.2, 0.25) is 0 Å². The quantitative estimate of drug-likeness (QED) is 0.710. The molecule has 0 aliphatic carbocycles. The lowest BCUT2D eigenvalue weighted by atomic mass is 9.79. The lowest BCUT2D eigenvalue weighted by Crippen LogP contribution is -2.62. The van der Waals surface area contributed by atoms with Gasteiger partial charge in [-0.15, -0.1) is 0 Å². The molecular weight excluding hydrogens is 431 g/mol. The van der Waals surface area contributed by atoms with E-state index in [0.717, 1.165) is 37.3 Å². The van der Waals surface area contributed by atoms with Crippen LogP contribution in [0.1, 0.15) is 29.4 Å². The van der Waals surface area contributed by atoms with Crippen LogP contribution >= 0.6 is 11.3 Å². The number of hydrogen-bond acceptors (Lipinski definition) is 5. The van der Waals surface area contributed by atoms with Crippen molar-refractivity contribution in [1.29, 1.82) is 0 Å². The van der Waals surface area contributed by atoms with E-state index in [9.17, 15) is 22.8 Å². The van der Waals surface area contributed by atoms with Crippen LogP contribution in [0, 0.1) is 5.92 Å². The molecule has 10 heteroatoms. The fourth-order valence-electron chi connectivity index (χ4n) is 4.22. The number of nitrogens with zero attached hydrogens (tertiary/aromatic N) is 1. The Hall–Kier alpha value is -2.59. The van der Waals surface area contributed by atoms with Gasteiger partial charge in [0.1, 0.15) is 5.75 Å². The minimum absolute atomic E-state index is 0.0364. The Kier molecular flexibility index (Phi) is 5.94. The van der Waals surface area contributed by atoms with Gasteiger partial charge in [-0.05, 0) is 63.0 Å². The van der Waals surface area contributed by atoms with E-state index in [1.165, 1.54) is 18.2 Å². The van der Waals surface area contributed by atoms with Crippen LogP contribution in [0.4, 0.5) is 18.9 Å². The lowest BCUT2D eigenvalue weighted by molar-refractivity contribution is -0.167. The number of thiophene rings is 1. The SMILES string of the molecule is C[C@H]1[C@H](NC(=O)c2ccc(Oc3cccc(NC(=O)C(F)(F)F)c3)s2)C2CCN1CC2. The highest BCUT2D eigenvalue weighted by atomic mass is 32.1. The first kappa shape index (κ1) is 21.6. The third kappa shape index (κ3) is 4.85. The number of halogens is 3. The van der Waals surface area contributed by atoms with Crippen LogP contribution in [0.15, 0.2) is 36.4 Å². The number of hydrogen-bond donors (Lipinski definition) is 2. The summed E-state index contributed by atoms with van der Waals surface area (Å²) in [6.07, 6.45) is -2.79. The number of alkyl halides is 3. The standard InChI is InChI=1S/C21H22F3N3O3S/c1-12-18(13-7-9-27(12)10-8-13)26-19(28)16-5-6-17(31-16)30-15-4-2-3-14(11-15)25-20(29)21(22,23)24/h2-6,11-13,18H,7-10H2,1H3,(H,25,29)(H,26,28)/t12-,18-/m0/s1. The largest absolute Gasteiger partial charge is 0.471 e. The lowest BCUT2D eigenvalue weighted by Gasteiger charge is -2.49. The third-order valence-corrected chi connectivity index (χ3v) is 6.81. The fourth-order valence-corrected chi connectivity index (χ4v) is 5.00. The van der Waals surface area contributed by atoms with Crippen molar-refractivity contribution in [3.63, 3.8) is 0 Å². The van der Waals surface area contributed by atoms with Crippen molar-refractivity contribution in [2.24, 2.45) is 5.92 Å². The second-order valence-electron chi connectivity index (χ2n) is 7.81. The van der Waals surface area contributed by atoms with Gasteiger partial charge in [-0.25, -0.2) is 0 Å². The van der Waals surface area contributed by atoms with Gasteiger partial charge in [-0.1, -0.05) is 17.4 Å². The molecule has 6 nitrogen and oxygen atoms in total. The number of anilines is 1. The summed E-state index contributed by atoms with van der Waals surface area (Å²) in [5.41, 5.74) is -0.0364. The molecule has 2 bridgehead atoms. The van der Waals surface area contributed by atoms with Gasteiger partial charge in [0, 0.05) is 23.8 Å². The molecule has 0 spiro atoms. The molecule has 3 saturated heterocycles. The predicted molar refractivity (Wildman–Crippen MR) is 111 cm³/mol. The summed E-state index contributed by atoms with van der Waals surface area (Å²) in [4.78, 5) is 26.7. The van der Waals surface area contributed by atoms with Gasteiger partial charge in [0.15, 0.2) is 5.06 Å². The average molecular weight is 453 g/mol. The molecule has 0 saturated carbocycles. The summed E-state index contributed by atoms with van der Waals surface area (Å²) in [7, 11) is 0. The Morgan fingerprint density at radius 1 is 1.16 bits per heavy atom. The average Bonchev–Trinajstić information content (AvgIpc) is 3.19. The van der Waals surface area contributed by atoms with Gasteiger partial charge in [0.05, 0.1) is 4.88 Å². The van der Waals surface area contributed by atoms with Crippen molar-refractivity contribution in [2.75, 3.05) is 18.4 Å². The number of benzene rings is 1. The van der Waals surface area contributed by atoms with Gasteiger partial charge in [-0.2, -0.15) is 13.2 Å². The summed E-state index contributed by atoms with van der Waals surface area (Å²) in [6.45, 7) is 4.30. The third-order valence-electron chi connectivity index (χ3n) is 5.85. The molecule has 2 aromatic rings. The van der Waals surface area contributed by atoms with Gasteiger partial charge in [-0.3, -0.25) is 14.5 Å². The molecule has 3 aliphatic rings. The van der Waals surface area contributed by atoms with E-state index in [4.69, 9.17) is 4.74 Å². The number of nitrogens with one attached hydrogen (secondary N) is 2. The molecule has 2 atom stereocenters. The molecule has 31 heavy (non-hydrogen) atoms. The molecule has 166 valence electrons. The van der Waals surface area contributed by atoms with E-state index in [1.807, 2.05) is 0 Å². The number of rotatable bonds is 5. The summed E-state index contributed by atoms with van der Waals surface area (Å²) in [5.74, 6) is -1.47.